The van der Waals surface area contributed by atoms with Gasteiger partial charge in [0, 0.05) is 30.8 Å². The maximum absolute atomic E-state index is 15.5. The molecule has 0 spiro atoms. The van der Waals surface area contributed by atoms with Crippen molar-refractivity contribution in [3.05, 3.63) is 60.3 Å². The lowest BCUT2D eigenvalue weighted by molar-refractivity contribution is 0.356. The van der Waals surface area contributed by atoms with Gasteiger partial charge in [-0.3, -0.25) is 4.72 Å². The summed E-state index contributed by atoms with van der Waals surface area (Å²) in [5, 5.41) is 0.502. The number of fused-ring (bicyclic) bond motifs is 2. The highest BCUT2D eigenvalue weighted by Crippen LogP contribution is 2.36. The molecule has 0 saturated heterocycles. The molecule has 0 saturated carbocycles. The molecule has 2 aromatic carbocycles. The van der Waals surface area contributed by atoms with E-state index < -0.39 is 15.8 Å². The van der Waals surface area contributed by atoms with Crippen molar-refractivity contribution in [2.45, 2.75) is 11.3 Å². The Labute approximate surface area is 177 Å². The molecule has 3 N–H and O–H groups in total. The maximum atomic E-state index is 15.5. The van der Waals surface area contributed by atoms with Crippen LogP contribution in [0.1, 0.15) is 5.56 Å². The van der Waals surface area contributed by atoms with Gasteiger partial charge in [-0.15, -0.1) is 0 Å². The Morgan fingerprint density at radius 2 is 2.03 bits per heavy atom. The van der Waals surface area contributed by atoms with E-state index in [2.05, 4.69) is 14.7 Å². The number of sulfonamides is 1. The van der Waals surface area contributed by atoms with Crippen molar-refractivity contribution in [2.75, 3.05) is 17.1 Å². The van der Waals surface area contributed by atoms with E-state index in [1.165, 1.54) is 18.5 Å². The van der Waals surface area contributed by atoms with Crippen LogP contribution in [0.5, 0.6) is 5.75 Å². The Hall–Kier alpha value is -3.66. The second kappa shape index (κ2) is 6.95. The molecule has 0 unspecified atom stereocenters. The number of rotatable bonds is 4. The van der Waals surface area contributed by atoms with Crippen molar-refractivity contribution in [3.8, 4) is 16.9 Å². The molecule has 8 nitrogen and oxygen atoms in total. The topological polar surface area (TPSA) is 112 Å². The zero-order valence-electron chi connectivity index (χ0n) is 16.5. The largest absolute Gasteiger partial charge is 0.493 e. The number of aromatic nitrogens is 3. The molecule has 2 aromatic heterocycles. The fourth-order valence-corrected chi connectivity index (χ4v) is 4.90. The Balaban J connectivity index is 1.57. The van der Waals surface area contributed by atoms with Crippen LogP contribution in [0, 0.1) is 5.82 Å². The van der Waals surface area contributed by atoms with Crippen molar-refractivity contribution in [3.63, 3.8) is 0 Å². The fraction of sp³-hybridized carbons (Fsp3) is 0.143. The zero-order chi connectivity index (χ0) is 21.8. The van der Waals surface area contributed by atoms with Crippen LogP contribution < -0.4 is 15.2 Å². The van der Waals surface area contributed by atoms with Crippen molar-refractivity contribution in [1.29, 1.82) is 0 Å². The molecule has 1 aliphatic heterocycles. The van der Waals surface area contributed by atoms with Gasteiger partial charge >= 0.3 is 0 Å². The summed E-state index contributed by atoms with van der Waals surface area (Å²) in [6.45, 7) is 0.515. The maximum Gasteiger partial charge on any atom is 0.262 e. The summed E-state index contributed by atoms with van der Waals surface area (Å²) >= 11 is 0. The van der Waals surface area contributed by atoms with Crippen LogP contribution >= 0.6 is 0 Å². The summed E-state index contributed by atoms with van der Waals surface area (Å²) in [5.74, 6) is 0.167. The molecule has 0 fully saturated rings. The predicted octanol–water partition coefficient (Wildman–Crippen LogP) is 3.09. The van der Waals surface area contributed by atoms with Crippen LogP contribution in [0.25, 0.3) is 22.2 Å². The molecule has 1 aliphatic rings. The standard InChI is InChI=1S/C21H18FN5O3S/c1-27-10-15(18-20(23)24-11-25-21(18)27)14-3-2-4-16(19(14)22)26-31(28,29)13-5-6-17-12(9-13)7-8-30-17/h2-6,9-11,26H,7-8H2,1H3,(H2,23,24,25). The Kier molecular flexibility index (Phi) is 4.33. The van der Waals surface area contributed by atoms with Gasteiger partial charge in [0.2, 0.25) is 0 Å². The number of benzene rings is 2. The molecule has 10 heteroatoms. The monoisotopic (exact) mass is 439 g/mol. The quantitative estimate of drug-likeness (QED) is 0.505. The Morgan fingerprint density at radius 3 is 2.87 bits per heavy atom. The molecule has 0 radical (unpaired) electrons. The number of aryl methyl sites for hydroxylation is 1. The number of anilines is 2. The molecule has 4 aromatic rings. The van der Waals surface area contributed by atoms with Gasteiger partial charge in [-0.25, -0.2) is 22.8 Å². The third kappa shape index (κ3) is 3.15. The van der Waals surface area contributed by atoms with Gasteiger partial charge < -0.3 is 15.0 Å². The summed E-state index contributed by atoms with van der Waals surface area (Å²) in [7, 11) is -2.24. The number of hydrogen-bond acceptors (Lipinski definition) is 6. The minimum absolute atomic E-state index is 0.0457. The van der Waals surface area contributed by atoms with E-state index in [-0.39, 0.29) is 22.0 Å². The second-order valence-corrected chi connectivity index (χ2v) is 8.93. The van der Waals surface area contributed by atoms with E-state index in [0.29, 0.717) is 35.4 Å². The van der Waals surface area contributed by atoms with Crippen molar-refractivity contribution in [2.24, 2.45) is 7.05 Å². The first-order chi connectivity index (χ1) is 14.8. The number of hydrogen-bond donors (Lipinski definition) is 2. The average molecular weight is 439 g/mol. The summed E-state index contributed by atoms with van der Waals surface area (Å²) in [6.07, 6.45) is 3.66. The number of nitrogens with one attached hydrogen (secondary N) is 1. The molecule has 0 bridgehead atoms. The van der Waals surface area contributed by atoms with Crippen LogP contribution in [0.4, 0.5) is 15.9 Å². The second-order valence-electron chi connectivity index (χ2n) is 7.25. The predicted molar refractivity (Wildman–Crippen MR) is 115 cm³/mol. The first-order valence-electron chi connectivity index (χ1n) is 9.48. The van der Waals surface area contributed by atoms with Gasteiger partial charge in [-0.2, -0.15) is 0 Å². The lowest BCUT2D eigenvalue weighted by atomic mass is 10.0. The first-order valence-corrected chi connectivity index (χ1v) is 11.0. The van der Waals surface area contributed by atoms with Gasteiger partial charge in [0.25, 0.3) is 10.0 Å². The summed E-state index contributed by atoms with van der Waals surface area (Å²) in [5.41, 5.74) is 7.87. The van der Waals surface area contributed by atoms with Crippen LogP contribution in [-0.2, 0) is 23.5 Å². The highest BCUT2D eigenvalue weighted by atomic mass is 32.2. The Morgan fingerprint density at radius 1 is 1.19 bits per heavy atom. The van der Waals surface area contributed by atoms with Crippen molar-refractivity contribution >= 4 is 32.6 Å². The molecular weight excluding hydrogens is 421 g/mol. The summed E-state index contributed by atoms with van der Waals surface area (Å²) in [6, 6.07) is 9.11. The van der Waals surface area contributed by atoms with Crippen LogP contribution in [0.2, 0.25) is 0 Å². The highest BCUT2D eigenvalue weighted by molar-refractivity contribution is 7.92. The molecule has 5 rings (SSSR count). The van der Waals surface area contributed by atoms with Crippen LogP contribution in [0.3, 0.4) is 0 Å². The highest BCUT2D eigenvalue weighted by Gasteiger charge is 2.23. The van der Waals surface area contributed by atoms with Gasteiger partial charge in [-0.05, 0) is 29.8 Å². The molecule has 3 heterocycles. The van der Waals surface area contributed by atoms with Gasteiger partial charge in [0.15, 0.2) is 5.82 Å². The zero-order valence-corrected chi connectivity index (χ0v) is 17.3. The SMILES string of the molecule is Cn1cc(-c2cccc(NS(=O)(=O)c3ccc4c(c3)CCO4)c2F)c2c(N)ncnc21. The van der Waals surface area contributed by atoms with E-state index >= 15 is 4.39 Å². The average Bonchev–Trinajstić information content (AvgIpc) is 3.34. The van der Waals surface area contributed by atoms with Crippen LogP contribution in [-0.4, -0.2) is 29.6 Å². The van der Waals surface area contributed by atoms with E-state index in [9.17, 15) is 8.42 Å². The van der Waals surface area contributed by atoms with E-state index in [1.807, 2.05) is 0 Å². The number of halogens is 1. The minimum Gasteiger partial charge on any atom is -0.493 e. The lowest BCUT2D eigenvalue weighted by Gasteiger charge is -2.12. The lowest BCUT2D eigenvalue weighted by Crippen LogP contribution is -2.14. The van der Waals surface area contributed by atoms with Crippen LogP contribution in [0.15, 0.2) is 53.8 Å². The number of nitrogens with zero attached hydrogens (tertiary/aromatic N) is 3. The van der Waals surface area contributed by atoms with Gasteiger partial charge in [0.05, 0.1) is 22.6 Å². The number of nitrogen functional groups attached to an aromatic ring is 1. The smallest absolute Gasteiger partial charge is 0.262 e. The summed E-state index contributed by atoms with van der Waals surface area (Å²) < 4.78 is 50.8. The third-order valence-corrected chi connectivity index (χ3v) is 6.65. The Bertz CT molecular complexity index is 1450. The van der Waals surface area contributed by atoms with E-state index in [4.69, 9.17) is 10.5 Å². The molecule has 158 valence electrons. The van der Waals surface area contributed by atoms with E-state index in [1.54, 1.807) is 42.1 Å². The minimum atomic E-state index is -4.00. The normalized spacial score (nSPS) is 13.2. The molecule has 0 amide bonds. The molecular formula is C21H18FN5O3S. The third-order valence-electron chi connectivity index (χ3n) is 5.29. The number of ether oxygens (including phenoxy) is 1. The van der Waals surface area contributed by atoms with Crippen molar-refractivity contribution < 1.29 is 17.5 Å². The fourth-order valence-electron chi connectivity index (χ4n) is 3.79. The van der Waals surface area contributed by atoms with Gasteiger partial charge in [-0.1, -0.05) is 12.1 Å². The van der Waals surface area contributed by atoms with E-state index in [0.717, 1.165) is 5.56 Å². The first kappa shape index (κ1) is 19.3. The molecule has 0 atom stereocenters. The molecule has 31 heavy (non-hydrogen) atoms. The number of nitrogens with two attached hydrogens (primary N) is 1. The molecule has 0 aliphatic carbocycles. The summed E-state index contributed by atoms with van der Waals surface area (Å²) in [4.78, 5) is 8.24. The van der Waals surface area contributed by atoms with Crippen molar-refractivity contribution in [1.82, 2.24) is 14.5 Å². The van der Waals surface area contributed by atoms with Gasteiger partial charge in [0.1, 0.15) is 23.5 Å².